The summed E-state index contributed by atoms with van der Waals surface area (Å²) in [7, 11) is 0. The lowest BCUT2D eigenvalue weighted by molar-refractivity contribution is -0.118. The molecular weight excluding hydrogens is 346 g/mol. The number of benzene rings is 2. The summed E-state index contributed by atoms with van der Waals surface area (Å²) in [5.41, 5.74) is 3.25. The van der Waals surface area contributed by atoms with Crippen molar-refractivity contribution in [1.29, 1.82) is 0 Å². The van der Waals surface area contributed by atoms with E-state index in [1.807, 2.05) is 62.4 Å². The average molecular weight is 376 g/mol. The minimum Gasteiger partial charge on any atom is -0.511 e. The molecule has 1 aliphatic carbocycles. The number of ketones is 1. The lowest BCUT2D eigenvalue weighted by Crippen LogP contribution is -2.32. The number of carbonyl (C=O) groups excluding carboxylic acids is 1. The van der Waals surface area contributed by atoms with Crippen LogP contribution in [0.1, 0.15) is 44.7 Å². The lowest BCUT2D eigenvalue weighted by atomic mass is 9.74. The Bertz CT molecular complexity index is 879. The molecule has 0 fully saturated rings. The van der Waals surface area contributed by atoms with Crippen molar-refractivity contribution in [3.05, 3.63) is 83.1 Å². The van der Waals surface area contributed by atoms with Crippen molar-refractivity contribution < 1.29 is 9.90 Å². The summed E-state index contributed by atoms with van der Waals surface area (Å²) in [5.74, 6) is 0.224. The Balaban J connectivity index is 1.95. The minimum absolute atomic E-state index is 0.000438. The van der Waals surface area contributed by atoms with Crippen molar-refractivity contribution in [2.45, 2.75) is 46.6 Å². The van der Waals surface area contributed by atoms with Crippen LogP contribution < -0.4 is 0 Å². The van der Waals surface area contributed by atoms with Gasteiger partial charge in [0.15, 0.2) is 5.78 Å². The molecule has 3 heteroatoms. The van der Waals surface area contributed by atoms with Crippen LogP contribution in [0.4, 0.5) is 0 Å². The molecule has 2 aromatic carbocycles. The SMILES string of the molecule is CC(Cc1ccccc1)C(=NCc1ccccc1)C1=C(O)CC(C)(C)CC1=O. The summed E-state index contributed by atoms with van der Waals surface area (Å²) in [6.07, 6.45) is 1.73. The summed E-state index contributed by atoms with van der Waals surface area (Å²) >= 11 is 0. The van der Waals surface area contributed by atoms with Crippen LogP contribution in [0.5, 0.6) is 0 Å². The molecule has 1 atom stereocenters. The van der Waals surface area contributed by atoms with Crippen molar-refractivity contribution >= 4 is 11.5 Å². The van der Waals surface area contributed by atoms with E-state index in [9.17, 15) is 9.90 Å². The molecule has 0 spiro atoms. The van der Waals surface area contributed by atoms with Crippen molar-refractivity contribution in [3.8, 4) is 0 Å². The molecule has 0 heterocycles. The Labute approximate surface area is 167 Å². The van der Waals surface area contributed by atoms with Crippen LogP contribution in [-0.2, 0) is 17.8 Å². The van der Waals surface area contributed by atoms with E-state index in [1.54, 1.807) is 0 Å². The van der Waals surface area contributed by atoms with Gasteiger partial charge in [0.05, 0.1) is 17.8 Å². The zero-order valence-corrected chi connectivity index (χ0v) is 17.0. The first-order valence-electron chi connectivity index (χ1n) is 9.93. The van der Waals surface area contributed by atoms with Gasteiger partial charge >= 0.3 is 0 Å². The molecule has 1 unspecified atom stereocenters. The Kier molecular flexibility index (Phi) is 6.13. The normalized spacial score (nSPS) is 18.2. The second-order valence-electron chi connectivity index (χ2n) is 8.54. The molecule has 1 aliphatic rings. The van der Waals surface area contributed by atoms with Crippen molar-refractivity contribution in [1.82, 2.24) is 0 Å². The third-order valence-electron chi connectivity index (χ3n) is 5.23. The third-order valence-corrected chi connectivity index (χ3v) is 5.23. The van der Waals surface area contributed by atoms with Gasteiger partial charge in [0.25, 0.3) is 0 Å². The summed E-state index contributed by atoms with van der Waals surface area (Å²) in [5, 5.41) is 10.7. The highest BCUT2D eigenvalue weighted by Crippen LogP contribution is 2.37. The van der Waals surface area contributed by atoms with Crippen LogP contribution in [0, 0.1) is 11.3 Å². The molecule has 0 radical (unpaired) electrons. The molecule has 1 N–H and O–H groups in total. The van der Waals surface area contributed by atoms with Crippen molar-refractivity contribution in [2.75, 3.05) is 0 Å². The van der Waals surface area contributed by atoms with Crippen LogP contribution >= 0.6 is 0 Å². The molecule has 146 valence electrons. The molecule has 2 aromatic rings. The van der Waals surface area contributed by atoms with Gasteiger partial charge in [0.2, 0.25) is 0 Å². The van der Waals surface area contributed by atoms with Gasteiger partial charge in [-0.15, -0.1) is 0 Å². The van der Waals surface area contributed by atoms with E-state index >= 15 is 0 Å². The van der Waals surface area contributed by atoms with Crippen molar-refractivity contribution in [3.63, 3.8) is 0 Å². The van der Waals surface area contributed by atoms with E-state index < -0.39 is 0 Å². The third kappa shape index (κ3) is 4.98. The minimum atomic E-state index is -0.210. The first kappa shape index (κ1) is 20.1. The van der Waals surface area contributed by atoms with Crippen molar-refractivity contribution in [2.24, 2.45) is 16.3 Å². The van der Waals surface area contributed by atoms with E-state index in [0.717, 1.165) is 17.7 Å². The highest BCUT2D eigenvalue weighted by atomic mass is 16.3. The number of hydrogen-bond donors (Lipinski definition) is 1. The standard InChI is InChI=1S/C25H29NO2/c1-18(14-19-10-6-4-7-11-19)24(26-17-20-12-8-5-9-13-20)23-21(27)15-25(2,3)16-22(23)28/h4-13,18,27H,14-17H2,1-3H3. The van der Waals surface area contributed by atoms with E-state index in [-0.39, 0.29) is 22.9 Å². The average Bonchev–Trinajstić information content (AvgIpc) is 2.64. The summed E-state index contributed by atoms with van der Waals surface area (Å²) < 4.78 is 0. The zero-order chi connectivity index (χ0) is 20.1. The molecule has 3 rings (SSSR count). The molecule has 0 saturated carbocycles. The molecule has 0 aromatic heterocycles. The number of aliphatic imine (C=N–C) groups is 1. The van der Waals surface area contributed by atoms with Crippen LogP contribution in [0.25, 0.3) is 0 Å². The highest BCUT2D eigenvalue weighted by Gasteiger charge is 2.36. The summed E-state index contributed by atoms with van der Waals surface area (Å²) in [4.78, 5) is 17.8. The molecule has 0 amide bonds. The summed E-state index contributed by atoms with van der Waals surface area (Å²) in [6, 6.07) is 20.2. The predicted molar refractivity (Wildman–Crippen MR) is 115 cm³/mol. The fraction of sp³-hybridized carbons (Fsp3) is 0.360. The van der Waals surface area contributed by atoms with Gasteiger partial charge in [0, 0.05) is 18.8 Å². The molecule has 0 aliphatic heterocycles. The number of rotatable bonds is 6. The molecule has 3 nitrogen and oxygen atoms in total. The Morgan fingerprint density at radius 1 is 1.00 bits per heavy atom. The number of carbonyl (C=O) groups is 1. The molecule has 0 bridgehead atoms. The van der Waals surface area contributed by atoms with Gasteiger partial charge in [-0.05, 0) is 23.0 Å². The largest absolute Gasteiger partial charge is 0.511 e. The number of aliphatic hydroxyl groups excluding tert-OH is 1. The maximum absolute atomic E-state index is 12.9. The fourth-order valence-electron chi connectivity index (χ4n) is 3.88. The number of aliphatic hydroxyl groups is 1. The molecular formula is C25H29NO2. The fourth-order valence-corrected chi connectivity index (χ4v) is 3.88. The Morgan fingerprint density at radius 2 is 1.57 bits per heavy atom. The number of nitrogens with zero attached hydrogens (tertiary/aromatic N) is 1. The van der Waals surface area contributed by atoms with Gasteiger partial charge in [0.1, 0.15) is 5.76 Å². The van der Waals surface area contributed by atoms with E-state index in [0.29, 0.717) is 25.0 Å². The first-order valence-corrected chi connectivity index (χ1v) is 9.93. The number of Topliss-reactive ketones (excluding diaryl/α,β-unsaturated/α-hetero) is 1. The topological polar surface area (TPSA) is 49.7 Å². The van der Waals surface area contributed by atoms with Gasteiger partial charge in [-0.2, -0.15) is 0 Å². The second-order valence-corrected chi connectivity index (χ2v) is 8.54. The van der Waals surface area contributed by atoms with Gasteiger partial charge in [-0.1, -0.05) is 81.4 Å². The van der Waals surface area contributed by atoms with E-state index in [2.05, 4.69) is 19.1 Å². The van der Waals surface area contributed by atoms with Crippen LogP contribution in [-0.4, -0.2) is 16.6 Å². The van der Waals surface area contributed by atoms with Gasteiger partial charge < -0.3 is 5.11 Å². The van der Waals surface area contributed by atoms with Gasteiger partial charge in [-0.3, -0.25) is 9.79 Å². The zero-order valence-electron chi connectivity index (χ0n) is 17.0. The maximum Gasteiger partial charge on any atom is 0.168 e. The van der Waals surface area contributed by atoms with Gasteiger partial charge in [-0.25, -0.2) is 0 Å². The van der Waals surface area contributed by atoms with E-state index in [1.165, 1.54) is 5.56 Å². The quantitative estimate of drug-likeness (QED) is 0.658. The maximum atomic E-state index is 12.9. The van der Waals surface area contributed by atoms with Crippen LogP contribution in [0.15, 0.2) is 77.0 Å². The first-order chi connectivity index (χ1) is 13.4. The predicted octanol–water partition coefficient (Wildman–Crippen LogP) is 5.71. The molecule has 0 saturated heterocycles. The highest BCUT2D eigenvalue weighted by molar-refractivity contribution is 6.24. The summed E-state index contributed by atoms with van der Waals surface area (Å²) in [6.45, 7) is 6.63. The van der Waals surface area contributed by atoms with Crippen LogP contribution in [0.3, 0.4) is 0 Å². The smallest absolute Gasteiger partial charge is 0.168 e. The number of hydrogen-bond acceptors (Lipinski definition) is 3. The Morgan fingerprint density at radius 3 is 2.14 bits per heavy atom. The monoisotopic (exact) mass is 375 g/mol. The van der Waals surface area contributed by atoms with Crippen LogP contribution in [0.2, 0.25) is 0 Å². The lowest BCUT2D eigenvalue weighted by Gasteiger charge is -2.31. The van der Waals surface area contributed by atoms with E-state index in [4.69, 9.17) is 4.99 Å². The number of allylic oxidation sites excluding steroid dienone is 2. The second kappa shape index (κ2) is 8.55. The molecule has 28 heavy (non-hydrogen) atoms. The Hall–Kier alpha value is -2.68.